The molecule has 0 amide bonds. The van der Waals surface area contributed by atoms with Gasteiger partial charge in [-0.15, -0.1) is 0 Å². The van der Waals surface area contributed by atoms with Crippen molar-refractivity contribution in [3.63, 3.8) is 0 Å². The average Bonchev–Trinajstić information content (AvgIpc) is 1.41. The van der Waals surface area contributed by atoms with Gasteiger partial charge in [0, 0.05) is 98.1 Å². The Morgan fingerprint density at radius 3 is 0.900 bits per heavy atom. The van der Waals surface area contributed by atoms with Crippen LogP contribution in [0.4, 0.5) is 0 Å². The summed E-state index contributed by atoms with van der Waals surface area (Å²) in [6.45, 7) is 13.2. The molecule has 0 rings (SSSR count). The molecule has 0 N–H and O–H groups in total. The Labute approximate surface area is 142 Å². The number of hydrogen-bond donors (Lipinski definition) is 0. The third-order valence-corrected chi connectivity index (χ3v) is 0. The van der Waals surface area contributed by atoms with Crippen molar-refractivity contribution in [2.75, 3.05) is 0 Å². The van der Waals surface area contributed by atoms with Crippen molar-refractivity contribution >= 4 is 0 Å². The second-order valence-electron chi connectivity index (χ2n) is 1.50. The Kier molecular flexibility index (Phi) is 153. The van der Waals surface area contributed by atoms with Crippen LogP contribution in [0.3, 0.4) is 0 Å². The summed E-state index contributed by atoms with van der Waals surface area (Å²) >= 11 is 0. The van der Waals surface area contributed by atoms with E-state index in [1.54, 1.807) is 0 Å². The monoisotopic (exact) mass is 366 g/mol. The van der Waals surface area contributed by atoms with E-state index in [0.717, 1.165) is 0 Å². The van der Waals surface area contributed by atoms with Crippen molar-refractivity contribution in [2.45, 2.75) is 20.8 Å². The van der Waals surface area contributed by atoms with Gasteiger partial charge in [-0.1, -0.05) is 0 Å². The molecule has 0 heterocycles. The molecule has 0 aromatic heterocycles. The molecule has 0 atom stereocenters. The van der Waals surface area contributed by atoms with Gasteiger partial charge in [-0.05, 0) is 0 Å². The second-order valence-corrected chi connectivity index (χ2v) is 1.50. The third-order valence-electron chi connectivity index (χ3n) is 0. The SMILES string of the molecule is C[C-](C)C.[CH-]=C.[CH3-].[Y].[Y].[Y]. The van der Waals surface area contributed by atoms with Crippen molar-refractivity contribution < 1.29 is 98.1 Å². The van der Waals surface area contributed by atoms with Gasteiger partial charge in [0.1, 0.15) is 0 Å². The maximum atomic E-state index is 4.25. The first-order valence-electron chi connectivity index (χ1n) is 1.91. The van der Waals surface area contributed by atoms with E-state index in [0.29, 0.717) is 0 Å². The van der Waals surface area contributed by atoms with E-state index in [2.05, 4.69) is 33.9 Å². The molecule has 3 radical (unpaired) electrons. The molecule has 0 aliphatic rings. The molecule has 0 aromatic carbocycles. The zero-order chi connectivity index (χ0) is 5.58. The van der Waals surface area contributed by atoms with Gasteiger partial charge in [0.05, 0.1) is 0 Å². The summed E-state index contributed by atoms with van der Waals surface area (Å²) in [5.41, 5.74) is 0. The van der Waals surface area contributed by atoms with Crippen LogP contribution < -0.4 is 0 Å². The maximum absolute atomic E-state index is 4.25. The van der Waals surface area contributed by atoms with Gasteiger partial charge in [0.15, 0.2) is 0 Å². The molecule has 0 spiro atoms. The summed E-state index contributed by atoms with van der Waals surface area (Å²) < 4.78 is 0. The number of rotatable bonds is 0. The van der Waals surface area contributed by atoms with E-state index in [9.17, 15) is 0 Å². The minimum absolute atomic E-state index is 0. The van der Waals surface area contributed by atoms with Gasteiger partial charge in [0.2, 0.25) is 0 Å². The maximum Gasteiger partial charge on any atom is 0 e. The van der Waals surface area contributed by atoms with Crippen LogP contribution in [-0.2, 0) is 98.1 Å². The predicted octanol–water partition coefficient (Wildman–Crippen LogP) is 2.67. The zero-order valence-electron chi connectivity index (χ0n) is 7.52. The first-order valence-corrected chi connectivity index (χ1v) is 1.91. The van der Waals surface area contributed by atoms with E-state index in [4.69, 9.17) is 0 Å². The summed E-state index contributed by atoms with van der Waals surface area (Å²) in [5, 5.41) is 0. The summed E-state index contributed by atoms with van der Waals surface area (Å²) in [5.74, 6) is 1.42. The Balaban J connectivity index is -0.00000000625. The van der Waals surface area contributed by atoms with Crippen LogP contribution >= 0.6 is 0 Å². The van der Waals surface area contributed by atoms with Crippen LogP contribution in [0, 0.1) is 19.9 Å². The molecule has 55 valence electrons. The van der Waals surface area contributed by atoms with Crippen LogP contribution in [-0.4, -0.2) is 0 Å². The quantitative estimate of drug-likeness (QED) is 0.579. The van der Waals surface area contributed by atoms with Crippen LogP contribution in [0.5, 0.6) is 0 Å². The first kappa shape index (κ1) is 38.1. The van der Waals surface area contributed by atoms with Crippen LogP contribution in [0.1, 0.15) is 20.8 Å². The van der Waals surface area contributed by atoms with E-state index in [1.165, 1.54) is 5.92 Å². The van der Waals surface area contributed by atoms with Crippen LogP contribution in [0.2, 0.25) is 0 Å². The van der Waals surface area contributed by atoms with Crippen molar-refractivity contribution in [3.8, 4) is 0 Å². The molecule has 0 bridgehead atoms. The average molecular weight is 366 g/mol. The fraction of sp³-hybridized carbons (Fsp3) is 0.429. The fourth-order valence-electron chi connectivity index (χ4n) is 0. The molecule has 0 saturated heterocycles. The second kappa shape index (κ2) is 40.2. The summed E-state index contributed by atoms with van der Waals surface area (Å²) in [6.07, 6.45) is 0. The van der Waals surface area contributed by atoms with Gasteiger partial charge in [-0.25, -0.2) is 0 Å². The van der Waals surface area contributed by atoms with Crippen molar-refractivity contribution in [3.05, 3.63) is 26.5 Å². The molecule has 10 heavy (non-hydrogen) atoms. The van der Waals surface area contributed by atoms with Gasteiger partial charge >= 0.3 is 0 Å². The molecule has 0 saturated carbocycles. The van der Waals surface area contributed by atoms with Crippen LogP contribution in [0.25, 0.3) is 0 Å². The summed E-state index contributed by atoms with van der Waals surface area (Å²) in [6, 6.07) is 0. The van der Waals surface area contributed by atoms with Gasteiger partial charge in [-0.3, -0.25) is 6.58 Å². The Bertz CT molecular complexity index is 20.1. The van der Waals surface area contributed by atoms with Crippen molar-refractivity contribution in [1.82, 2.24) is 0 Å². The Morgan fingerprint density at radius 2 is 0.900 bits per heavy atom. The minimum Gasteiger partial charge on any atom is -0.521 e. The summed E-state index contributed by atoms with van der Waals surface area (Å²) in [4.78, 5) is 0. The molecule has 3 heteroatoms. The fourth-order valence-corrected chi connectivity index (χ4v) is 0. The molecule has 0 aliphatic heterocycles. The molecular weight excluding hydrogens is 351 g/mol. The van der Waals surface area contributed by atoms with Gasteiger partial charge < -0.3 is 19.9 Å². The zero-order valence-corrected chi connectivity index (χ0v) is 16.0. The summed E-state index contributed by atoms with van der Waals surface area (Å²) in [7, 11) is 0. The molecule has 0 aromatic rings. The van der Waals surface area contributed by atoms with Gasteiger partial charge in [0.25, 0.3) is 0 Å². The van der Waals surface area contributed by atoms with Crippen molar-refractivity contribution in [2.24, 2.45) is 0 Å². The predicted molar refractivity (Wildman–Crippen MR) is 36.6 cm³/mol. The molecule has 0 fully saturated rings. The number of hydrogen-bond acceptors (Lipinski definition) is 0. The van der Waals surface area contributed by atoms with E-state index in [1.807, 2.05) is 0 Å². The van der Waals surface area contributed by atoms with Crippen molar-refractivity contribution in [1.29, 1.82) is 0 Å². The topological polar surface area (TPSA) is 0 Å². The molecular formula is C7H15Y3-3. The van der Waals surface area contributed by atoms with Gasteiger partial charge in [-0.2, -0.15) is 20.8 Å². The van der Waals surface area contributed by atoms with E-state index in [-0.39, 0.29) is 106 Å². The van der Waals surface area contributed by atoms with E-state index < -0.39 is 0 Å². The molecule has 0 aliphatic carbocycles. The smallest absolute Gasteiger partial charge is 0 e. The molecule has 0 unspecified atom stereocenters. The largest absolute Gasteiger partial charge is 0.521 e. The normalized spacial score (nSPS) is 4.00. The Hall–Kier alpha value is 3.05. The first-order chi connectivity index (χ1) is 2.73. The standard InChI is InChI=1S/C4H9.C2H3.CH3.3Y/c1-4(2)3;1-2;;;;/h1-3H3;1H,2H2;1H3;;;/q3*-1;;;. The third kappa shape index (κ3) is 120. The van der Waals surface area contributed by atoms with Crippen LogP contribution in [0.15, 0.2) is 6.58 Å². The Morgan fingerprint density at radius 1 is 0.900 bits per heavy atom. The van der Waals surface area contributed by atoms with E-state index >= 15 is 0 Å². The minimum atomic E-state index is 0. The molecule has 0 nitrogen and oxygen atoms in total.